The van der Waals surface area contributed by atoms with Crippen LogP contribution in [0.4, 0.5) is 0 Å². The summed E-state index contributed by atoms with van der Waals surface area (Å²) in [4.78, 5) is 37.2. The molecule has 45 heavy (non-hydrogen) atoms. The van der Waals surface area contributed by atoms with E-state index in [1.54, 1.807) is 36.8 Å². The van der Waals surface area contributed by atoms with E-state index in [2.05, 4.69) is 43.1 Å². The predicted molar refractivity (Wildman–Crippen MR) is 181 cm³/mol. The standard InChI is InChI=1S/C36H34ClN3O4S/c1-6-11-27-30(35(42)44-7-2)33(26-18-23(37)14-15-28(26)43-5)40-34(41)29(45-36(40)38-27)19-25-24-17-20(3)16-21(4)31(24)39-32(25)22-12-9-8-10-13-22/h8-10,12-19,33,39H,6-7,11H2,1-5H3/b29-19+/t33-/m0/s1. The number of benzene rings is 3. The zero-order chi connectivity index (χ0) is 31.8. The van der Waals surface area contributed by atoms with Gasteiger partial charge in [-0.2, -0.15) is 0 Å². The molecule has 3 aromatic carbocycles. The van der Waals surface area contributed by atoms with Crippen molar-refractivity contribution in [2.45, 2.75) is 46.6 Å². The van der Waals surface area contributed by atoms with Gasteiger partial charge < -0.3 is 14.5 Å². The van der Waals surface area contributed by atoms with Crippen molar-refractivity contribution < 1.29 is 14.3 Å². The smallest absolute Gasteiger partial charge is 0.338 e. The van der Waals surface area contributed by atoms with Gasteiger partial charge >= 0.3 is 5.97 Å². The molecule has 1 N–H and O–H groups in total. The van der Waals surface area contributed by atoms with Crippen LogP contribution >= 0.6 is 22.9 Å². The molecule has 1 aliphatic rings. The number of methoxy groups -OCH3 is 1. The molecular weight excluding hydrogens is 606 g/mol. The van der Waals surface area contributed by atoms with Crippen molar-refractivity contribution in [2.24, 2.45) is 4.99 Å². The molecule has 0 radical (unpaired) electrons. The number of hydrogen-bond donors (Lipinski definition) is 1. The van der Waals surface area contributed by atoms with Crippen molar-refractivity contribution in [1.29, 1.82) is 0 Å². The fourth-order valence-electron chi connectivity index (χ4n) is 6.12. The van der Waals surface area contributed by atoms with Crippen molar-refractivity contribution >= 4 is 45.9 Å². The number of allylic oxidation sites excluding steroid dienone is 1. The number of ether oxygens (including phenoxy) is 2. The first-order valence-electron chi connectivity index (χ1n) is 15.0. The molecule has 2 aromatic heterocycles. The van der Waals surface area contributed by atoms with Crippen LogP contribution in [0.25, 0.3) is 28.2 Å². The highest BCUT2D eigenvalue weighted by molar-refractivity contribution is 7.07. The summed E-state index contributed by atoms with van der Waals surface area (Å²) < 4.78 is 13.4. The number of aromatic amines is 1. The average Bonchev–Trinajstić information content (AvgIpc) is 3.54. The van der Waals surface area contributed by atoms with Gasteiger partial charge in [0.25, 0.3) is 5.56 Å². The Bertz CT molecular complexity index is 2160. The maximum absolute atomic E-state index is 14.5. The van der Waals surface area contributed by atoms with E-state index in [0.29, 0.717) is 43.4 Å². The number of aryl methyl sites for hydroxylation is 2. The maximum atomic E-state index is 14.5. The van der Waals surface area contributed by atoms with Gasteiger partial charge in [-0.15, -0.1) is 0 Å². The highest BCUT2D eigenvalue weighted by Crippen LogP contribution is 2.38. The molecule has 9 heteroatoms. The summed E-state index contributed by atoms with van der Waals surface area (Å²) in [6, 6.07) is 18.8. The van der Waals surface area contributed by atoms with E-state index < -0.39 is 12.0 Å². The molecule has 6 rings (SSSR count). The van der Waals surface area contributed by atoms with Gasteiger partial charge in [0.1, 0.15) is 11.8 Å². The quantitative estimate of drug-likeness (QED) is 0.185. The largest absolute Gasteiger partial charge is 0.496 e. The van der Waals surface area contributed by atoms with Crippen LogP contribution in [0.15, 0.2) is 81.7 Å². The molecule has 0 unspecified atom stereocenters. The Morgan fingerprint density at radius 3 is 2.60 bits per heavy atom. The molecule has 0 amide bonds. The second-order valence-corrected chi connectivity index (χ2v) is 12.5. The molecule has 0 aliphatic carbocycles. The minimum Gasteiger partial charge on any atom is -0.496 e. The fraction of sp³-hybridized carbons (Fsp3) is 0.250. The highest BCUT2D eigenvalue weighted by Gasteiger charge is 2.36. The molecule has 3 heterocycles. The molecule has 230 valence electrons. The summed E-state index contributed by atoms with van der Waals surface area (Å²) in [7, 11) is 1.56. The van der Waals surface area contributed by atoms with Gasteiger partial charge in [0.2, 0.25) is 0 Å². The average molecular weight is 640 g/mol. The second kappa shape index (κ2) is 12.5. The van der Waals surface area contributed by atoms with E-state index >= 15 is 0 Å². The van der Waals surface area contributed by atoms with Crippen LogP contribution < -0.4 is 19.6 Å². The summed E-state index contributed by atoms with van der Waals surface area (Å²) in [5.74, 6) is -0.00702. The van der Waals surface area contributed by atoms with Crippen molar-refractivity contribution in [3.63, 3.8) is 0 Å². The van der Waals surface area contributed by atoms with Crippen molar-refractivity contribution in [3.8, 4) is 17.0 Å². The highest BCUT2D eigenvalue weighted by atomic mass is 35.5. The van der Waals surface area contributed by atoms with Gasteiger partial charge in [0.05, 0.1) is 35.2 Å². The lowest BCUT2D eigenvalue weighted by Crippen LogP contribution is -2.40. The monoisotopic (exact) mass is 639 g/mol. The topological polar surface area (TPSA) is 85.7 Å². The van der Waals surface area contributed by atoms with E-state index in [9.17, 15) is 9.59 Å². The number of esters is 1. The minimum absolute atomic E-state index is 0.188. The molecular formula is C36H34ClN3O4S. The van der Waals surface area contributed by atoms with E-state index in [1.807, 2.05) is 31.2 Å². The Morgan fingerprint density at radius 1 is 1.11 bits per heavy atom. The summed E-state index contributed by atoms with van der Waals surface area (Å²) in [5, 5.41) is 1.49. The first kappa shape index (κ1) is 30.6. The van der Waals surface area contributed by atoms with Crippen LogP contribution in [-0.2, 0) is 9.53 Å². The number of halogens is 1. The Balaban J connectivity index is 1.68. The fourth-order valence-corrected chi connectivity index (χ4v) is 7.30. The molecule has 1 aliphatic heterocycles. The Kier molecular flexibility index (Phi) is 8.53. The van der Waals surface area contributed by atoms with Crippen molar-refractivity contribution in [3.05, 3.63) is 119 Å². The zero-order valence-corrected chi connectivity index (χ0v) is 27.4. The minimum atomic E-state index is -0.835. The molecule has 1 atom stereocenters. The maximum Gasteiger partial charge on any atom is 0.338 e. The number of carbonyl (C=O) groups excluding carboxylic acids is 1. The lowest BCUT2D eigenvalue weighted by Gasteiger charge is -2.27. The lowest BCUT2D eigenvalue weighted by atomic mass is 9.93. The second-order valence-electron chi connectivity index (χ2n) is 11.1. The predicted octanol–water partition coefficient (Wildman–Crippen LogP) is 7.01. The number of nitrogens with one attached hydrogen (secondary N) is 1. The lowest BCUT2D eigenvalue weighted by molar-refractivity contribution is -0.139. The number of fused-ring (bicyclic) bond motifs is 2. The number of hydrogen-bond acceptors (Lipinski definition) is 6. The Morgan fingerprint density at radius 2 is 1.89 bits per heavy atom. The van der Waals surface area contributed by atoms with Crippen LogP contribution in [-0.4, -0.2) is 29.2 Å². The van der Waals surface area contributed by atoms with Crippen molar-refractivity contribution in [1.82, 2.24) is 9.55 Å². The normalized spacial score (nSPS) is 14.9. The van der Waals surface area contributed by atoms with E-state index in [0.717, 1.165) is 45.3 Å². The number of nitrogens with zero attached hydrogens (tertiary/aromatic N) is 2. The Hall–Kier alpha value is -4.40. The Labute approximate surface area is 270 Å². The third-order valence-electron chi connectivity index (χ3n) is 8.01. The molecule has 0 spiro atoms. The SMILES string of the molecule is CCCC1=C(C(=O)OCC)[C@H](c2cc(Cl)ccc2OC)n2c(s/c(=C/c3c(-c4ccccc4)[nH]c4c(C)cc(C)cc34)c2=O)=N1. The van der Waals surface area contributed by atoms with E-state index in [-0.39, 0.29) is 12.2 Å². The van der Waals surface area contributed by atoms with Crippen LogP contribution in [0, 0.1) is 13.8 Å². The molecule has 0 bridgehead atoms. The summed E-state index contributed by atoms with van der Waals surface area (Å²) in [5.41, 5.74) is 7.39. The van der Waals surface area contributed by atoms with Gasteiger partial charge in [-0.05, 0) is 68.7 Å². The van der Waals surface area contributed by atoms with Crippen LogP contribution in [0.1, 0.15) is 55.0 Å². The van der Waals surface area contributed by atoms with Gasteiger partial charge in [-0.25, -0.2) is 9.79 Å². The van der Waals surface area contributed by atoms with Crippen LogP contribution in [0.2, 0.25) is 5.02 Å². The first-order chi connectivity index (χ1) is 21.7. The number of aromatic nitrogens is 2. The number of thiazole rings is 1. The van der Waals surface area contributed by atoms with Crippen molar-refractivity contribution in [2.75, 3.05) is 13.7 Å². The van der Waals surface area contributed by atoms with E-state index in [1.165, 1.54) is 11.3 Å². The number of H-pyrrole nitrogens is 1. The molecule has 7 nitrogen and oxygen atoms in total. The van der Waals surface area contributed by atoms with Gasteiger partial charge in [0.15, 0.2) is 4.80 Å². The number of rotatable bonds is 8. The number of carbonyl (C=O) groups is 1. The first-order valence-corrected chi connectivity index (χ1v) is 16.2. The molecule has 0 fully saturated rings. The van der Waals surface area contributed by atoms with E-state index in [4.69, 9.17) is 26.1 Å². The summed E-state index contributed by atoms with van der Waals surface area (Å²) in [6.45, 7) is 8.14. The van der Waals surface area contributed by atoms with Gasteiger partial charge in [-0.3, -0.25) is 9.36 Å². The van der Waals surface area contributed by atoms with Crippen LogP contribution in [0.5, 0.6) is 5.75 Å². The van der Waals surface area contributed by atoms with Crippen LogP contribution in [0.3, 0.4) is 0 Å². The molecule has 5 aromatic rings. The summed E-state index contributed by atoms with van der Waals surface area (Å²) in [6.07, 6.45) is 3.24. The molecule has 0 saturated heterocycles. The zero-order valence-electron chi connectivity index (χ0n) is 25.9. The summed E-state index contributed by atoms with van der Waals surface area (Å²) >= 11 is 7.80. The van der Waals surface area contributed by atoms with Gasteiger partial charge in [-0.1, -0.05) is 78.2 Å². The van der Waals surface area contributed by atoms with Gasteiger partial charge in [0, 0.05) is 27.1 Å². The third kappa shape index (κ3) is 5.53. The molecule has 0 saturated carbocycles. The third-order valence-corrected chi connectivity index (χ3v) is 9.22.